The third-order valence-electron chi connectivity index (χ3n) is 4.13. The van der Waals surface area contributed by atoms with Gasteiger partial charge < -0.3 is 0 Å². The Balaban J connectivity index is 2.18. The van der Waals surface area contributed by atoms with Gasteiger partial charge in [0.15, 0.2) is 0 Å². The van der Waals surface area contributed by atoms with Gasteiger partial charge in [0.05, 0.1) is 0 Å². The van der Waals surface area contributed by atoms with Gasteiger partial charge in [-0.1, -0.05) is 13.8 Å². The lowest BCUT2D eigenvalue weighted by atomic mass is 9.81. The minimum Gasteiger partial charge on any atom is -0.206 e. The van der Waals surface area contributed by atoms with Gasteiger partial charge in [0.1, 0.15) is 0 Å². The molecule has 1 atom stereocenters. The highest BCUT2D eigenvalue weighted by molar-refractivity contribution is 7.89. The van der Waals surface area contributed by atoms with Crippen molar-refractivity contribution in [3.63, 3.8) is 0 Å². The predicted octanol–water partition coefficient (Wildman–Crippen LogP) is 2.30. The summed E-state index contributed by atoms with van der Waals surface area (Å²) in [5.41, 5.74) is 0.00907. The second-order valence-corrected chi connectivity index (χ2v) is 7.71. The van der Waals surface area contributed by atoms with E-state index in [-0.39, 0.29) is 17.9 Å². The number of hydrogen-bond donors (Lipinski definition) is 0. The molecule has 0 aromatic heterocycles. The molecule has 3 nitrogen and oxygen atoms in total. The van der Waals surface area contributed by atoms with E-state index in [1.54, 1.807) is 0 Å². The monoisotopic (exact) mass is 267 g/mol. The van der Waals surface area contributed by atoms with Crippen LogP contribution >= 0.6 is 0 Å². The molecule has 2 aliphatic rings. The maximum Gasteiger partial charge on any atom is 0.350 e. The summed E-state index contributed by atoms with van der Waals surface area (Å²) in [6, 6.07) is 0. The normalized spacial score (nSPS) is 29.2. The summed E-state index contributed by atoms with van der Waals surface area (Å²) in [6.07, 6.45) is 2.94. The van der Waals surface area contributed by atoms with Crippen molar-refractivity contribution < 1.29 is 17.2 Å². The molecule has 1 spiro atoms. The minimum atomic E-state index is -4.40. The van der Waals surface area contributed by atoms with E-state index in [1.807, 2.05) is 13.8 Å². The van der Waals surface area contributed by atoms with Crippen LogP contribution in [-0.4, -0.2) is 31.6 Å². The van der Waals surface area contributed by atoms with Crippen molar-refractivity contribution in [2.45, 2.75) is 38.9 Å². The number of halogens is 2. The summed E-state index contributed by atoms with van der Waals surface area (Å²) in [6.45, 7) is 4.60. The van der Waals surface area contributed by atoms with Crippen LogP contribution < -0.4 is 0 Å². The predicted molar refractivity (Wildman–Crippen MR) is 61.1 cm³/mol. The molecule has 2 fully saturated rings. The van der Waals surface area contributed by atoms with Crippen LogP contribution in [0.5, 0.6) is 0 Å². The molecule has 0 aromatic carbocycles. The van der Waals surface area contributed by atoms with Crippen LogP contribution in [0.1, 0.15) is 33.1 Å². The highest BCUT2D eigenvalue weighted by Gasteiger charge is 2.52. The largest absolute Gasteiger partial charge is 0.350 e. The first-order chi connectivity index (χ1) is 7.77. The number of nitrogens with zero attached hydrogens (tertiary/aromatic N) is 1. The van der Waals surface area contributed by atoms with E-state index in [1.165, 1.54) is 0 Å². The van der Waals surface area contributed by atoms with Crippen molar-refractivity contribution in [1.29, 1.82) is 0 Å². The van der Waals surface area contributed by atoms with Gasteiger partial charge >= 0.3 is 5.76 Å². The fourth-order valence-corrected chi connectivity index (χ4v) is 3.76. The van der Waals surface area contributed by atoms with Gasteiger partial charge in [0.25, 0.3) is 10.0 Å². The Hall–Kier alpha value is -0.230. The third-order valence-corrected chi connectivity index (χ3v) is 5.58. The molecule has 0 amide bonds. The lowest BCUT2D eigenvalue weighted by molar-refractivity contribution is 0.136. The first kappa shape index (κ1) is 13.2. The molecule has 6 heteroatoms. The highest BCUT2D eigenvalue weighted by atomic mass is 32.2. The molecule has 0 radical (unpaired) electrons. The van der Waals surface area contributed by atoms with Crippen LogP contribution in [-0.2, 0) is 10.0 Å². The van der Waals surface area contributed by atoms with Gasteiger partial charge in [-0.2, -0.15) is 13.1 Å². The van der Waals surface area contributed by atoms with Crippen molar-refractivity contribution in [3.8, 4) is 0 Å². The molecule has 0 bridgehead atoms. The van der Waals surface area contributed by atoms with Gasteiger partial charge in [-0.15, -0.1) is 0 Å². The van der Waals surface area contributed by atoms with Crippen LogP contribution in [0.2, 0.25) is 0 Å². The van der Waals surface area contributed by atoms with Crippen LogP contribution in [0.15, 0.2) is 0 Å². The van der Waals surface area contributed by atoms with Crippen LogP contribution in [0.25, 0.3) is 0 Å². The zero-order chi connectivity index (χ0) is 12.8. The van der Waals surface area contributed by atoms with Crippen LogP contribution in [0.3, 0.4) is 0 Å². The zero-order valence-electron chi connectivity index (χ0n) is 10.2. The van der Waals surface area contributed by atoms with Gasteiger partial charge in [-0.05, 0) is 36.5 Å². The van der Waals surface area contributed by atoms with Crippen molar-refractivity contribution in [2.75, 3.05) is 13.1 Å². The quantitative estimate of drug-likeness (QED) is 0.787. The van der Waals surface area contributed by atoms with E-state index < -0.39 is 15.8 Å². The second kappa shape index (κ2) is 4.16. The fourth-order valence-electron chi connectivity index (χ4n) is 2.68. The molecule has 100 valence electrons. The van der Waals surface area contributed by atoms with Crippen LogP contribution in [0, 0.1) is 17.3 Å². The van der Waals surface area contributed by atoms with E-state index in [9.17, 15) is 17.2 Å². The summed E-state index contributed by atoms with van der Waals surface area (Å²) in [7, 11) is -4.40. The van der Waals surface area contributed by atoms with Gasteiger partial charge in [-0.3, -0.25) is 0 Å². The Morgan fingerprint density at radius 3 is 2.29 bits per heavy atom. The van der Waals surface area contributed by atoms with E-state index in [4.69, 9.17) is 0 Å². The summed E-state index contributed by atoms with van der Waals surface area (Å²) in [4.78, 5) is 0. The van der Waals surface area contributed by atoms with Crippen molar-refractivity contribution >= 4 is 10.0 Å². The Bertz CT molecular complexity index is 390. The number of alkyl halides is 2. The smallest absolute Gasteiger partial charge is 0.206 e. The molecule has 1 saturated heterocycles. The molecule has 2 rings (SSSR count). The maximum atomic E-state index is 12.6. The summed E-state index contributed by atoms with van der Waals surface area (Å²) in [5.74, 6) is -2.74. The second-order valence-electron chi connectivity index (χ2n) is 5.81. The van der Waals surface area contributed by atoms with Gasteiger partial charge in [0.2, 0.25) is 0 Å². The zero-order valence-corrected chi connectivity index (χ0v) is 11.0. The fraction of sp³-hybridized carbons (Fsp3) is 1.00. The topological polar surface area (TPSA) is 37.4 Å². The Kier molecular flexibility index (Phi) is 3.23. The molecule has 17 heavy (non-hydrogen) atoms. The van der Waals surface area contributed by atoms with E-state index in [2.05, 4.69) is 0 Å². The van der Waals surface area contributed by atoms with Crippen molar-refractivity contribution in [2.24, 2.45) is 17.3 Å². The maximum absolute atomic E-state index is 12.6. The van der Waals surface area contributed by atoms with Gasteiger partial charge in [0, 0.05) is 13.1 Å². The number of rotatable bonds is 3. The lowest BCUT2D eigenvalue weighted by Gasteiger charge is -2.38. The lowest BCUT2D eigenvalue weighted by Crippen LogP contribution is -2.47. The number of piperidine rings is 1. The Labute approximate surface area is 101 Å². The molecule has 0 aromatic rings. The van der Waals surface area contributed by atoms with Crippen LogP contribution in [0.4, 0.5) is 8.78 Å². The van der Waals surface area contributed by atoms with Crippen molar-refractivity contribution in [1.82, 2.24) is 4.31 Å². The molecular weight excluding hydrogens is 248 g/mol. The third kappa shape index (κ3) is 2.47. The van der Waals surface area contributed by atoms with E-state index in [0.717, 1.165) is 23.6 Å². The summed E-state index contributed by atoms with van der Waals surface area (Å²) < 4.78 is 49.3. The molecule has 1 saturated carbocycles. The molecule has 0 N–H and O–H groups in total. The highest BCUT2D eigenvalue weighted by Crippen LogP contribution is 2.55. The van der Waals surface area contributed by atoms with E-state index in [0.29, 0.717) is 12.5 Å². The average molecular weight is 267 g/mol. The van der Waals surface area contributed by atoms with Gasteiger partial charge in [-0.25, -0.2) is 8.42 Å². The molecule has 1 aliphatic carbocycles. The average Bonchev–Trinajstić information content (AvgIpc) is 2.96. The van der Waals surface area contributed by atoms with Crippen molar-refractivity contribution in [3.05, 3.63) is 0 Å². The Morgan fingerprint density at radius 1 is 1.29 bits per heavy atom. The number of hydrogen-bond acceptors (Lipinski definition) is 2. The first-order valence-corrected chi connectivity index (χ1v) is 7.54. The SMILES string of the molecule is CC(C)C1CN(S(=O)(=O)C(F)F)CC2(CC2)C1. The molecule has 1 unspecified atom stereocenters. The summed E-state index contributed by atoms with van der Waals surface area (Å²) in [5, 5.41) is 0. The first-order valence-electron chi connectivity index (χ1n) is 6.04. The standard InChI is InChI=1S/C11H19F2NO2S/c1-8(2)9-5-11(3-4-11)7-14(6-9)17(15,16)10(12)13/h8-10H,3-7H2,1-2H3. The molecular formula is C11H19F2NO2S. The van der Waals surface area contributed by atoms with E-state index >= 15 is 0 Å². The Morgan fingerprint density at radius 2 is 1.88 bits per heavy atom. The minimum absolute atomic E-state index is 0.00907. The molecule has 1 aliphatic heterocycles. The number of sulfonamides is 1. The summed E-state index contributed by atoms with van der Waals surface area (Å²) >= 11 is 0. The molecule has 1 heterocycles.